The van der Waals surface area contributed by atoms with Crippen molar-refractivity contribution in [3.63, 3.8) is 0 Å². The van der Waals surface area contributed by atoms with Crippen LogP contribution in [0, 0.1) is 0 Å². The van der Waals surface area contributed by atoms with Crippen molar-refractivity contribution in [2.24, 2.45) is 0 Å². The van der Waals surface area contributed by atoms with E-state index in [1.165, 1.54) is 13.2 Å². The predicted molar refractivity (Wildman–Crippen MR) is 68.1 cm³/mol. The lowest BCUT2D eigenvalue weighted by atomic mass is 10.2. The summed E-state index contributed by atoms with van der Waals surface area (Å²) >= 11 is 0. The third-order valence-corrected chi connectivity index (χ3v) is 2.15. The lowest BCUT2D eigenvalue weighted by Crippen LogP contribution is -2.04. The van der Waals surface area contributed by atoms with Gasteiger partial charge in [-0.05, 0) is 5.56 Å². The molecule has 0 atom stereocenters. The van der Waals surface area contributed by atoms with Crippen molar-refractivity contribution in [3.05, 3.63) is 48.0 Å². The summed E-state index contributed by atoms with van der Waals surface area (Å²) in [6.45, 7) is 1.99. The van der Waals surface area contributed by atoms with Crippen LogP contribution in [0.4, 0.5) is 0 Å². The molecule has 0 saturated heterocycles. The molecule has 0 amide bonds. The van der Waals surface area contributed by atoms with E-state index in [0.717, 1.165) is 5.56 Å². The molecule has 0 N–H and O–H groups in total. The van der Waals surface area contributed by atoms with Crippen LogP contribution in [0.5, 0.6) is 0 Å². The Bertz CT molecular complexity index is 359. The average Bonchev–Trinajstić information content (AvgIpc) is 2.42. The number of hydrogen-bond donors (Lipinski definition) is 0. The quantitative estimate of drug-likeness (QED) is 0.402. The average molecular weight is 250 g/mol. The number of methoxy groups -OCH3 is 1. The molecule has 0 aliphatic heterocycles. The maximum atomic E-state index is 10.7. The molecule has 0 aliphatic rings. The SMILES string of the molecule is COC(=O)C=CCOCCOCc1ccccc1. The smallest absolute Gasteiger partial charge is 0.330 e. The van der Waals surface area contributed by atoms with Gasteiger partial charge in [0.2, 0.25) is 0 Å². The van der Waals surface area contributed by atoms with Crippen molar-refractivity contribution in [1.29, 1.82) is 0 Å². The Morgan fingerprint density at radius 2 is 1.89 bits per heavy atom. The fourth-order valence-corrected chi connectivity index (χ4v) is 1.25. The molecule has 0 aromatic heterocycles. The van der Waals surface area contributed by atoms with Gasteiger partial charge in [0, 0.05) is 6.08 Å². The first kappa shape index (κ1) is 14.4. The van der Waals surface area contributed by atoms with Crippen LogP contribution >= 0.6 is 0 Å². The predicted octanol–water partition coefficient (Wildman–Crippen LogP) is 1.95. The summed E-state index contributed by atoms with van der Waals surface area (Å²) in [6, 6.07) is 9.96. The molecule has 1 rings (SSSR count). The van der Waals surface area contributed by atoms with Crippen molar-refractivity contribution in [2.75, 3.05) is 26.9 Å². The Kier molecular flexibility index (Phi) is 7.52. The van der Waals surface area contributed by atoms with E-state index in [1.807, 2.05) is 30.3 Å². The second-order valence-electron chi connectivity index (χ2n) is 3.54. The Morgan fingerprint density at radius 1 is 1.17 bits per heavy atom. The fraction of sp³-hybridized carbons (Fsp3) is 0.357. The van der Waals surface area contributed by atoms with Gasteiger partial charge in [0.1, 0.15) is 0 Å². The molecular formula is C14H18O4. The van der Waals surface area contributed by atoms with Gasteiger partial charge < -0.3 is 14.2 Å². The van der Waals surface area contributed by atoms with Crippen LogP contribution in [0.25, 0.3) is 0 Å². The van der Waals surface area contributed by atoms with E-state index in [1.54, 1.807) is 6.08 Å². The van der Waals surface area contributed by atoms with Gasteiger partial charge in [-0.2, -0.15) is 0 Å². The van der Waals surface area contributed by atoms with Crippen molar-refractivity contribution >= 4 is 5.97 Å². The van der Waals surface area contributed by atoms with E-state index in [9.17, 15) is 4.79 Å². The summed E-state index contributed by atoms with van der Waals surface area (Å²) in [5.41, 5.74) is 1.14. The fourth-order valence-electron chi connectivity index (χ4n) is 1.25. The highest BCUT2D eigenvalue weighted by Crippen LogP contribution is 1.99. The topological polar surface area (TPSA) is 44.8 Å². The zero-order valence-electron chi connectivity index (χ0n) is 10.5. The van der Waals surface area contributed by atoms with Crippen molar-refractivity contribution in [1.82, 2.24) is 0 Å². The van der Waals surface area contributed by atoms with Crippen molar-refractivity contribution in [3.8, 4) is 0 Å². The first-order chi connectivity index (χ1) is 8.83. The summed E-state index contributed by atoms with van der Waals surface area (Å²) in [5.74, 6) is -0.376. The van der Waals surface area contributed by atoms with Gasteiger partial charge >= 0.3 is 5.97 Å². The Morgan fingerprint density at radius 3 is 2.61 bits per heavy atom. The Hall–Kier alpha value is -1.65. The van der Waals surface area contributed by atoms with Crippen molar-refractivity contribution in [2.45, 2.75) is 6.61 Å². The van der Waals surface area contributed by atoms with Crippen molar-refractivity contribution < 1.29 is 19.0 Å². The highest BCUT2D eigenvalue weighted by molar-refractivity contribution is 5.81. The molecule has 0 spiro atoms. The molecule has 4 heteroatoms. The van der Waals surface area contributed by atoms with Crippen LogP contribution in [0.15, 0.2) is 42.5 Å². The van der Waals surface area contributed by atoms with E-state index in [2.05, 4.69) is 4.74 Å². The molecule has 0 aliphatic carbocycles. The van der Waals surface area contributed by atoms with Gasteiger partial charge in [-0.15, -0.1) is 0 Å². The van der Waals surface area contributed by atoms with E-state index in [0.29, 0.717) is 26.4 Å². The van der Waals surface area contributed by atoms with Crippen LogP contribution in [-0.2, 0) is 25.6 Å². The monoisotopic (exact) mass is 250 g/mol. The van der Waals surface area contributed by atoms with Gasteiger partial charge in [0.15, 0.2) is 0 Å². The van der Waals surface area contributed by atoms with Gasteiger partial charge in [-0.3, -0.25) is 0 Å². The summed E-state index contributed by atoms with van der Waals surface area (Å²) < 4.78 is 15.1. The van der Waals surface area contributed by atoms with E-state index >= 15 is 0 Å². The molecular weight excluding hydrogens is 232 g/mol. The summed E-state index contributed by atoms with van der Waals surface area (Å²) in [4.78, 5) is 10.7. The number of carbonyl (C=O) groups excluding carboxylic acids is 1. The number of benzene rings is 1. The van der Waals surface area contributed by atoms with Gasteiger partial charge in [-0.1, -0.05) is 36.4 Å². The first-order valence-electron chi connectivity index (χ1n) is 5.77. The maximum Gasteiger partial charge on any atom is 0.330 e. The minimum absolute atomic E-state index is 0.376. The van der Waals surface area contributed by atoms with Gasteiger partial charge in [-0.25, -0.2) is 4.79 Å². The lowest BCUT2D eigenvalue weighted by Gasteiger charge is -2.04. The molecule has 0 radical (unpaired) electrons. The molecule has 0 heterocycles. The third kappa shape index (κ3) is 6.83. The number of rotatable bonds is 8. The van der Waals surface area contributed by atoms with E-state index in [-0.39, 0.29) is 5.97 Å². The molecule has 0 unspecified atom stereocenters. The summed E-state index contributed by atoms with van der Waals surface area (Å²) in [7, 11) is 1.34. The van der Waals surface area contributed by atoms with Crippen LogP contribution in [-0.4, -0.2) is 32.9 Å². The molecule has 4 nitrogen and oxygen atoms in total. The first-order valence-corrected chi connectivity index (χ1v) is 5.77. The number of ether oxygens (including phenoxy) is 3. The largest absolute Gasteiger partial charge is 0.466 e. The standard InChI is InChI=1S/C14H18O4/c1-16-14(15)8-5-9-17-10-11-18-12-13-6-3-2-4-7-13/h2-8H,9-12H2,1H3. The van der Waals surface area contributed by atoms with Crippen LogP contribution in [0.2, 0.25) is 0 Å². The number of esters is 1. The second-order valence-corrected chi connectivity index (χ2v) is 3.54. The normalized spacial score (nSPS) is 10.7. The van der Waals surface area contributed by atoms with Gasteiger partial charge in [0.25, 0.3) is 0 Å². The summed E-state index contributed by atoms with van der Waals surface area (Å²) in [5, 5.41) is 0. The zero-order chi connectivity index (χ0) is 13.1. The lowest BCUT2D eigenvalue weighted by molar-refractivity contribution is -0.134. The molecule has 0 bridgehead atoms. The minimum atomic E-state index is -0.376. The van der Waals surface area contributed by atoms with E-state index < -0.39 is 0 Å². The highest BCUT2D eigenvalue weighted by atomic mass is 16.5. The molecule has 1 aromatic carbocycles. The van der Waals surface area contributed by atoms with Crippen LogP contribution in [0.1, 0.15) is 5.56 Å². The molecule has 98 valence electrons. The summed E-state index contributed by atoms with van der Waals surface area (Å²) in [6.07, 6.45) is 2.95. The minimum Gasteiger partial charge on any atom is -0.466 e. The van der Waals surface area contributed by atoms with Crippen LogP contribution < -0.4 is 0 Å². The second kappa shape index (κ2) is 9.39. The van der Waals surface area contributed by atoms with E-state index in [4.69, 9.17) is 9.47 Å². The third-order valence-electron chi connectivity index (χ3n) is 2.15. The molecule has 18 heavy (non-hydrogen) atoms. The molecule has 1 aromatic rings. The number of hydrogen-bond acceptors (Lipinski definition) is 4. The molecule has 0 fully saturated rings. The Balaban J connectivity index is 1.96. The molecule has 0 saturated carbocycles. The maximum absolute atomic E-state index is 10.7. The Labute approximate surface area is 107 Å². The van der Waals surface area contributed by atoms with Gasteiger partial charge in [0.05, 0.1) is 33.5 Å². The zero-order valence-corrected chi connectivity index (χ0v) is 10.5. The van der Waals surface area contributed by atoms with Crippen LogP contribution in [0.3, 0.4) is 0 Å². The highest BCUT2D eigenvalue weighted by Gasteiger charge is 1.92. The number of carbonyl (C=O) groups is 1.